The molecule has 2 aliphatic carbocycles. The van der Waals surface area contributed by atoms with Crippen LogP contribution in [-0.4, -0.2) is 50.7 Å². The molecular weight excluding hydrogens is 488 g/mol. The number of halogens is 1. The number of carbonyl (C=O) groups is 2. The zero-order chi connectivity index (χ0) is 25.5. The highest BCUT2D eigenvalue weighted by Crippen LogP contribution is 2.62. The number of hydrogen-bond donors (Lipinski definition) is 4. The number of aliphatic hydroxyl groups excluding tert-OH is 2. The Hall–Kier alpha value is -2.07. The number of hydrogen-bond acceptors (Lipinski definition) is 7. The van der Waals surface area contributed by atoms with Crippen molar-refractivity contribution >= 4 is 39.9 Å². The summed E-state index contributed by atoms with van der Waals surface area (Å²) in [5.41, 5.74) is 0.167. The summed E-state index contributed by atoms with van der Waals surface area (Å²) in [4.78, 5) is 35.4. The number of rotatable bonds is 6. The van der Waals surface area contributed by atoms with E-state index < -0.39 is 11.5 Å². The van der Waals surface area contributed by atoms with Crippen molar-refractivity contribution in [3.05, 3.63) is 39.6 Å². The molecule has 0 aliphatic heterocycles. The highest BCUT2D eigenvalue weighted by molar-refractivity contribution is 7.15. The molecule has 8 nitrogen and oxygen atoms in total. The largest absolute Gasteiger partial charge is 0.396 e. The Balaban J connectivity index is 1.71. The summed E-state index contributed by atoms with van der Waals surface area (Å²) in [7, 11) is 0. The van der Waals surface area contributed by atoms with Crippen LogP contribution in [0.5, 0.6) is 0 Å². The molecule has 1 fully saturated rings. The Bertz CT molecular complexity index is 1120. The molecule has 0 unspecified atom stereocenters. The van der Waals surface area contributed by atoms with Gasteiger partial charge in [-0.25, -0.2) is 9.97 Å². The minimum absolute atomic E-state index is 0.0162. The number of carbonyl (C=O) groups excluding carboxylic acids is 2. The highest BCUT2D eigenvalue weighted by Gasteiger charge is 2.59. The van der Waals surface area contributed by atoms with Gasteiger partial charge in [0.05, 0.1) is 18.4 Å². The molecule has 0 aromatic carbocycles. The topological polar surface area (TPSA) is 124 Å². The summed E-state index contributed by atoms with van der Waals surface area (Å²) in [5.74, 6) is -0.643. The van der Waals surface area contributed by atoms with Gasteiger partial charge in [-0.1, -0.05) is 25.4 Å². The normalized spacial score (nSPS) is 29.9. The molecule has 2 heterocycles. The summed E-state index contributed by atoms with van der Waals surface area (Å²) in [6.07, 6.45) is 3.00. The summed E-state index contributed by atoms with van der Waals surface area (Å²) < 4.78 is 0. The Morgan fingerprint density at radius 2 is 2.09 bits per heavy atom. The first-order valence-electron chi connectivity index (χ1n) is 12.0. The molecule has 10 heteroatoms. The SMILES string of the molecule is CC(C)NC(=O)C[C@@H]1c2nc(NC(=O)c3ccnc(Cl)c3)sc2C[C@@H]2[C@](C)(CO)[C@H](O)CC[C@]21C. The van der Waals surface area contributed by atoms with E-state index in [1.165, 1.54) is 23.6 Å². The van der Waals surface area contributed by atoms with Crippen LogP contribution >= 0.6 is 22.9 Å². The third-order valence-corrected chi connectivity index (χ3v) is 9.16. The third kappa shape index (κ3) is 4.83. The lowest BCUT2D eigenvalue weighted by atomic mass is 9.47. The number of pyridine rings is 1. The zero-order valence-electron chi connectivity index (χ0n) is 20.5. The number of aliphatic hydroxyl groups is 2. The average Bonchev–Trinajstić information content (AvgIpc) is 3.19. The van der Waals surface area contributed by atoms with Crippen LogP contribution in [0, 0.1) is 16.7 Å². The van der Waals surface area contributed by atoms with Crippen molar-refractivity contribution in [3.8, 4) is 0 Å². The van der Waals surface area contributed by atoms with Crippen LogP contribution < -0.4 is 10.6 Å². The van der Waals surface area contributed by atoms with Crippen molar-refractivity contribution in [2.45, 2.75) is 71.4 Å². The molecular formula is C25H33ClN4O4S. The second-order valence-electron chi connectivity index (χ2n) is 10.6. The Kier molecular flexibility index (Phi) is 7.26. The van der Waals surface area contributed by atoms with E-state index >= 15 is 0 Å². The van der Waals surface area contributed by atoms with Crippen LogP contribution in [0.25, 0.3) is 0 Å². The Morgan fingerprint density at radius 1 is 1.34 bits per heavy atom. The number of aromatic nitrogens is 2. The summed E-state index contributed by atoms with van der Waals surface area (Å²) >= 11 is 7.32. The van der Waals surface area contributed by atoms with Gasteiger partial charge in [-0.05, 0) is 56.6 Å². The first-order valence-corrected chi connectivity index (χ1v) is 13.2. The second kappa shape index (κ2) is 9.76. The number of thiazole rings is 1. The van der Waals surface area contributed by atoms with Crippen LogP contribution in [0.1, 0.15) is 73.8 Å². The average molecular weight is 521 g/mol. The van der Waals surface area contributed by atoms with Crippen molar-refractivity contribution in [1.82, 2.24) is 15.3 Å². The minimum atomic E-state index is -0.696. The fraction of sp³-hybridized carbons (Fsp3) is 0.600. The number of nitrogens with zero attached hydrogens (tertiary/aromatic N) is 2. The Morgan fingerprint density at radius 3 is 2.74 bits per heavy atom. The van der Waals surface area contributed by atoms with Crippen molar-refractivity contribution in [3.63, 3.8) is 0 Å². The van der Waals surface area contributed by atoms with E-state index in [9.17, 15) is 19.8 Å². The zero-order valence-corrected chi connectivity index (χ0v) is 22.0. The van der Waals surface area contributed by atoms with E-state index in [1.54, 1.807) is 6.07 Å². The molecule has 0 spiro atoms. The van der Waals surface area contributed by atoms with Crippen molar-refractivity contribution in [1.29, 1.82) is 0 Å². The molecule has 190 valence electrons. The molecule has 35 heavy (non-hydrogen) atoms. The van der Waals surface area contributed by atoms with E-state index in [2.05, 4.69) is 22.5 Å². The molecule has 0 radical (unpaired) electrons. The maximum atomic E-state index is 12.9. The van der Waals surface area contributed by atoms with Gasteiger partial charge in [-0.3, -0.25) is 14.9 Å². The van der Waals surface area contributed by atoms with Crippen LogP contribution in [0.2, 0.25) is 5.15 Å². The second-order valence-corrected chi connectivity index (χ2v) is 12.1. The van der Waals surface area contributed by atoms with Gasteiger partial charge in [0.15, 0.2) is 5.13 Å². The predicted octanol–water partition coefficient (Wildman–Crippen LogP) is 3.77. The number of amides is 2. The molecule has 2 aromatic rings. The minimum Gasteiger partial charge on any atom is -0.396 e. The lowest BCUT2D eigenvalue weighted by Crippen LogP contribution is -2.57. The maximum absolute atomic E-state index is 12.9. The monoisotopic (exact) mass is 520 g/mol. The number of anilines is 1. The summed E-state index contributed by atoms with van der Waals surface area (Å²) in [5, 5.41) is 27.8. The molecule has 4 N–H and O–H groups in total. The maximum Gasteiger partial charge on any atom is 0.257 e. The summed E-state index contributed by atoms with van der Waals surface area (Å²) in [6, 6.07) is 3.09. The fourth-order valence-corrected chi connectivity index (χ4v) is 7.22. The van der Waals surface area contributed by atoms with E-state index in [-0.39, 0.29) is 53.3 Å². The molecule has 2 aliphatic rings. The first kappa shape index (κ1) is 26.0. The van der Waals surface area contributed by atoms with Gasteiger partial charge >= 0.3 is 0 Å². The van der Waals surface area contributed by atoms with Crippen molar-refractivity contribution in [2.24, 2.45) is 16.7 Å². The lowest BCUT2D eigenvalue weighted by Gasteiger charge is -2.58. The third-order valence-electron chi connectivity index (χ3n) is 7.94. The van der Waals surface area contributed by atoms with Crippen molar-refractivity contribution in [2.75, 3.05) is 11.9 Å². The molecule has 0 bridgehead atoms. The van der Waals surface area contributed by atoms with Gasteiger partial charge in [-0.2, -0.15) is 0 Å². The van der Waals surface area contributed by atoms with Gasteiger partial charge in [-0.15, -0.1) is 11.3 Å². The van der Waals surface area contributed by atoms with Gasteiger partial charge in [0.1, 0.15) is 5.15 Å². The van der Waals surface area contributed by atoms with Crippen molar-refractivity contribution < 1.29 is 19.8 Å². The van der Waals surface area contributed by atoms with Crippen LogP contribution in [0.3, 0.4) is 0 Å². The standard InChI is InChI=1S/C25H33ClN4O4S/c1-13(2)28-20(33)10-15-21-16(11-17-24(15,3)7-5-18(32)25(17,4)12-31)35-23(29-21)30-22(34)14-6-8-27-19(26)9-14/h6,8-9,13,15,17-18,31-32H,5,7,10-12H2,1-4H3,(H,28,33)(H,29,30,34)/t15-,17+,18-,24+,25+/m1/s1. The van der Waals surface area contributed by atoms with Gasteiger partial charge < -0.3 is 15.5 Å². The smallest absolute Gasteiger partial charge is 0.257 e. The quantitative estimate of drug-likeness (QED) is 0.430. The van der Waals surface area contributed by atoms with E-state index in [4.69, 9.17) is 16.6 Å². The van der Waals surface area contributed by atoms with Crippen LogP contribution in [0.15, 0.2) is 18.3 Å². The fourth-order valence-electron chi connectivity index (χ4n) is 5.98. The Labute approximate surface area is 214 Å². The molecule has 4 rings (SSSR count). The number of nitrogens with one attached hydrogen (secondary N) is 2. The van der Waals surface area contributed by atoms with Gasteiger partial charge in [0.2, 0.25) is 5.91 Å². The van der Waals surface area contributed by atoms with Crippen LogP contribution in [0.4, 0.5) is 5.13 Å². The predicted molar refractivity (Wildman–Crippen MR) is 136 cm³/mol. The molecule has 2 amide bonds. The molecule has 5 atom stereocenters. The molecule has 2 aromatic heterocycles. The van der Waals surface area contributed by atoms with E-state index in [1.807, 2.05) is 20.8 Å². The highest BCUT2D eigenvalue weighted by atomic mass is 35.5. The van der Waals surface area contributed by atoms with Crippen LogP contribution in [-0.2, 0) is 11.2 Å². The van der Waals surface area contributed by atoms with Gasteiger partial charge in [0.25, 0.3) is 5.91 Å². The van der Waals surface area contributed by atoms with E-state index in [0.29, 0.717) is 23.5 Å². The van der Waals surface area contributed by atoms with E-state index in [0.717, 1.165) is 17.0 Å². The number of fused-ring (bicyclic) bond motifs is 2. The van der Waals surface area contributed by atoms with Gasteiger partial charge in [0, 0.05) is 40.4 Å². The molecule has 0 saturated heterocycles. The first-order chi connectivity index (χ1) is 16.5. The summed E-state index contributed by atoms with van der Waals surface area (Å²) in [6.45, 7) is 7.81. The lowest BCUT2D eigenvalue weighted by molar-refractivity contribution is -0.144. The molecule has 1 saturated carbocycles.